The zero-order valence-electron chi connectivity index (χ0n) is 16.4. The Balaban J connectivity index is 0.00000261. The van der Waals surface area contributed by atoms with Crippen molar-refractivity contribution >= 4 is 41.3 Å². The van der Waals surface area contributed by atoms with Crippen LogP contribution in [0.1, 0.15) is 36.1 Å². The molecule has 1 unspecified atom stereocenters. The quantitative estimate of drug-likeness (QED) is 0.371. The van der Waals surface area contributed by atoms with Gasteiger partial charge in [-0.15, -0.1) is 35.3 Å². The van der Waals surface area contributed by atoms with Crippen LogP contribution in [0.15, 0.2) is 33.1 Å². The molecule has 2 aromatic heterocycles. The summed E-state index contributed by atoms with van der Waals surface area (Å²) in [6, 6.07) is 6.33. The van der Waals surface area contributed by atoms with Crippen molar-refractivity contribution in [3.8, 4) is 0 Å². The number of aryl methyl sites for hydroxylation is 1. The highest BCUT2D eigenvalue weighted by Gasteiger charge is 2.20. The lowest BCUT2D eigenvalue weighted by Gasteiger charge is -2.36. The standard InChI is InChI=1S/C19H29N5OS.HI/c1-4-20-19(21-13-15(2)18-6-5-11-26-18)24-9-7-23(8-10-24)14-17-12-16(3)25-22-17;/h5-6,11-12,15H,4,7-10,13-14H2,1-3H3,(H,20,21);1H. The summed E-state index contributed by atoms with van der Waals surface area (Å²) >= 11 is 1.81. The van der Waals surface area contributed by atoms with Crippen LogP contribution in [0.2, 0.25) is 0 Å². The maximum atomic E-state index is 5.17. The Morgan fingerprint density at radius 1 is 1.37 bits per heavy atom. The van der Waals surface area contributed by atoms with Gasteiger partial charge in [0.1, 0.15) is 5.76 Å². The van der Waals surface area contributed by atoms with Gasteiger partial charge in [-0.1, -0.05) is 18.1 Å². The molecule has 0 radical (unpaired) electrons. The molecule has 1 aliphatic rings. The second-order valence-corrected chi connectivity index (χ2v) is 7.78. The maximum absolute atomic E-state index is 5.17. The van der Waals surface area contributed by atoms with Crippen LogP contribution >= 0.6 is 35.3 Å². The highest BCUT2D eigenvalue weighted by Crippen LogP contribution is 2.21. The lowest BCUT2D eigenvalue weighted by Crippen LogP contribution is -2.52. The molecule has 2 aromatic rings. The number of hydrogen-bond donors (Lipinski definition) is 1. The van der Waals surface area contributed by atoms with Gasteiger partial charge >= 0.3 is 0 Å². The third kappa shape index (κ3) is 6.46. The van der Waals surface area contributed by atoms with E-state index >= 15 is 0 Å². The van der Waals surface area contributed by atoms with E-state index < -0.39 is 0 Å². The molecule has 1 N–H and O–H groups in total. The van der Waals surface area contributed by atoms with Crippen molar-refractivity contribution in [1.29, 1.82) is 0 Å². The van der Waals surface area contributed by atoms with Gasteiger partial charge in [-0.05, 0) is 25.3 Å². The Labute approximate surface area is 183 Å². The summed E-state index contributed by atoms with van der Waals surface area (Å²) in [7, 11) is 0. The molecule has 1 atom stereocenters. The number of nitrogens with zero attached hydrogens (tertiary/aromatic N) is 4. The predicted octanol–water partition coefficient (Wildman–Crippen LogP) is 3.55. The van der Waals surface area contributed by atoms with Crippen molar-refractivity contribution in [1.82, 2.24) is 20.3 Å². The van der Waals surface area contributed by atoms with Crippen molar-refractivity contribution in [2.24, 2.45) is 4.99 Å². The molecule has 8 heteroatoms. The van der Waals surface area contributed by atoms with E-state index in [0.717, 1.165) is 63.2 Å². The number of halogens is 1. The van der Waals surface area contributed by atoms with E-state index in [1.165, 1.54) is 4.88 Å². The maximum Gasteiger partial charge on any atom is 0.194 e. The second kappa shape index (κ2) is 11.0. The van der Waals surface area contributed by atoms with E-state index in [0.29, 0.717) is 5.92 Å². The normalized spacial score (nSPS) is 16.9. The Hall–Kier alpha value is -1.13. The topological polar surface area (TPSA) is 56.9 Å². The molecule has 1 aliphatic heterocycles. The van der Waals surface area contributed by atoms with Crippen LogP contribution in [0, 0.1) is 6.92 Å². The van der Waals surface area contributed by atoms with Gasteiger partial charge in [0.05, 0.1) is 12.2 Å². The third-order valence-electron chi connectivity index (χ3n) is 4.61. The zero-order chi connectivity index (χ0) is 18.4. The fourth-order valence-electron chi connectivity index (χ4n) is 3.15. The summed E-state index contributed by atoms with van der Waals surface area (Å²) in [4.78, 5) is 11.1. The van der Waals surface area contributed by atoms with Crippen molar-refractivity contribution in [2.45, 2.75) is 33.2 Å². The van der Waals surface area contributed by atoms with Crippen LogP contribution in [0.4, 0.5) is 0 Å². The molecule has 6 nitrogen and oxygen atoms in total. The number of nitrogens with one attached hydrogen (secondary N) is 1. The first-order valence-electron chi connectivity index (χ1n) is 9.37. The molecule has 27 heavy (non-hydrogen) atoms. The fraction of sp³-hybridized carbons (Fsp3) is 0.579. The highest BCUT2D eigenvalue weighted by atomic mass is 127. The lowest BCUT2D eigenvalue weighted by atomic mass is 10.1. The first kappa shape index (κ1) is 22.2. The number of hydrogen-bond acceptors (Lipinski definition) is 5. The van der Waals surface area contributed by atoms with E-state index in [-0.39, 0.29) is 24.0 Å². The molecule has 1 fully saturated rings. The molecule has 150 valence electrons. The van der Waals surface area contributed by atoms with Crippen LogP contribution in [-0.2, 0) is 6.54 Å². The second-order valence-electron chi connectivity index (χ2n) is 6.80. The van der Waals surface area contributed by atoms with Crippen LogP contribution in [0.3, 0.4) is 0 Å². The van der Waals surface area contributed by atoms with Gasteiger partial charge in [0, 0.05) is 56.1 Å². The zero-order valence-corrected chi connectivity index (χ0v) is 19.5. The number of thiophene rings is 1. The summed E-state index contributed by atoms with van der Waals surface area (Å²) in [5.74, 6) is 2.37. The Morgan fingerprint density at radius 3 is 2.74 bits per heavy atom. The Bertz CT molecular complexity index is 695. The molecule has 0 spiro atoms. The SMILES string of the molecule is CCNC(=NCC(C)c1cccs1)N1CCN(Cc2cc(C)on2)CC1.I. The van der Waals surface area contributed by atoms with Gasteiger partial charge in [0.25, 0.3) is 0 Å². The molecule has 3 rings (SSSR count). The van der Waals surface area contributed by atoms with Crippen molar-refractivity contribution in [3.05, 3.63) is 39.9 Å². The monoisotopic (exact) mass is 503 g/mol. The van der Waals surface area contributed by atoms with Gasteiger partial charge in [-0.2, -0.15) is 0 Å². The smallest absolute Gasteiger partial charge is 0.194 e. The fourth-order valence-corrected chi connectivity index (χ4v) is 3.93. The Morgan fingerprint density at radius 2 is 2.15 bits per heavy atom. The summed E-state index contributed by atoms with van der Waals surface area (Å²) in [6.45, 7) is 12.9. The number of piperazine rings is 1. The van der Waals surface area contributed by atoms with Gasteiger partial charge < -0.3 is 14.7 Å². The lowest BCUT2D eigenvalue weighted by molar-refractivity contribution is 0.169. The summed E-state index contributed by atoms with van der Waals surface area (Å²) in [5.41, 5.74) is 1.02. The van der Waals surface area contributed by atoms with Gasteiger partial charge in [-0.25, -0.2) is 0 Å². The molecule has 1 saturated heterocycles. The Kier molecular flexibility index (Phi) is 9.04. The first-order valence-corrected chi connectivity index (χ1v) is 10.2. The van der Waals surface area contributed by atoms with Crippen molar-refractivity contribution < 1.29 is 4.52 Å². The van der Waals surface area contributed by atoms with E-state index in [1.807, 2.05) is 24.3 Å². The minimum atomic E-state index is 0. The third-order valence-corrected chi connectivity index (χ3v) is 5.72. The molecule has 0 aliphatic carbocycles. The summed E-state index contributed by atoms with van der Waals surface area (Å²) in [6.07, 6.45) is 0. The average Bonchev–Trinajstić information content (AvgIpc) is 3.31. The highest BCUT2D eigenvalue weighted by molar-refractivity contribution is 14.0. The van der Waals surface area contributed by atoms with Crippen LogP contribution < -0.4 is 5.32 Å². The van der Waals surface area contributed by atoms with E-state index in [2.05, 4.69) is 51.6 Å². The molecular weight excluding hydrogens is 473 g/mol. The van der Waals surface area contributed by atoms with Crippen LogP contribution in [-0.4, -0.2) is 60.2 Å². The number of guanidine groups is 1. The molecule has 0 bridgehead atoms. The first-order chi connectivity index (χ1) is 12.7. The van der Waals surface area contributed by atoms with Crippen molar-refractivity contribution in [2.75, 3.05) is 39.3 Å². The molecule has 3 heterocycles. The van der Waals surface area contributed by atoms with Gasteiger partial charge in [-0.3, -0.25) is 9.89 Å². The van der Waals surface area contributed by atoms with E-state index in [9.17, 15) is 0 Å². The predicted molar refractivity (Wildman–Crippen MR) is 122 cm³/mol. The van der Waals surface area contributed by atoms with Crippen LogP contribution in [0.25, 0.3) is 0 Å². The molecular formula is C19H30IN5OS. The van der Waals surface area contributed by atoms with E-state index in [4.69, 9.17) is 9.52 Å². The molecule has 0 saturated carbocycles. The average molecular weight is 503 g/mol. The largest absolute Gasteiger partial charge is 0.361 e. The van der Waals surface area contributed by atoms with Gasteiger partial charge in [0.15, 0.2) is 5.96 Å². The number of aliphatic imine (C=N–C) groups is 1. The minimum absolute atomic E-state index is 0. The van der Waals surface area contributed by atoms with E-state index in [1.54, 1.807) is 0 Å². The molecule has 0 amide bonds. The number of rotatable bonds is 6. The molecule has 0 aromatic carbocycles. The van der Waals surface area contributed by atoms with Gasteiger partial charge in [0.2, 0.25) is 0 Å². The minimum Gasteiger partial charge on any atom is -0.361 e. The number of aromatic nitrogens is 1. The van der Waals surface area contributed by atoms with Crippen molar-refractivity contribution in [3.63, 3.8) is 0 Å². The van der Waals surface area contributed by atoms with Crippen LogP contribution in [0.5, 0.6) is 0 Å². The summed E-state index contributed by atoms with van der Waals surface area (Å²) < 4.78 is 5.17. The summed E-state index contributed by atoms with van der Waals surface area (Å²) in [5, 5.41) is 9.69.